The molecule has 1 aromatic carbocycles. The summed E-state index contributed by atoms with van der Waals surface area (Å²) in [5.74, 6) is 1.75. The molecule has 1 N–H and O–H groups in total. The Hall–Kier alpha value is -3.55. The van der Waals surface area contributed by atoms with Crippen LogP contribution >= 0.6 is 0 Å². The number of carbonyl (C=O) groups is 1. The number of anilines is 1. The molecule has 2 fully saturated rings. The summed E-state index contributed by atoms with van der Waals surface area (Å²) in [4.78, 5) is 19.8. The van der Waals surface area contributed by atoms with E-state index in [0.717, 1.165) is 66.2 Å². The number of fused-ring (bicyclic) bond motifs is 5. The van der Waals surface area contributed by atoms with Crippen molar-refractivity contribution in [2.45, 2.75) is 76.6 Å². The summed E-state index contributed by atoms with van der Waals surface area (Å²) in [5.41, 5.74) is 3.71. The lowest BCUT2D eigenvalue weighted by atomic mass is 9.97. The molecule has 3 aromatic rings. The van der Waals surface area contributed by atoms with Gasteiger partial charge in [-0.15, -0.1) is 0 Å². The van der Waals surface area contributed by atoms with Crippen molar-refractivity contribution in [3.63, 3.8) is 0 Å². The number of amides is 1. The van der Waals surface area contributed by atoms with Gasteiger partial charge < -0.3 is 19.7 Å². The van der Waals surface area contributed by atoms with Gasteiger partial charge in [0.1, 0.15) is 17.2 Å². The first-order valence-corrected chi connectivity index (χ1v) is 12.9. The van der Waals surface area contributed by atoms with Gasteiger partial charge in [0.15, 0.2) is 0 Å². The monoisotopic (exact) mass is 487 g/mol. The maximum Gasteiger partial charge on any atom is 0.410 e. The molecule has 6 rings (SSSR count). The van der Waals surface area contributed by atoms with Gasteiger partial charge in [-0.3, -0.25) is 0 Å². The molecule has 2 aromatic heterocycles. The van der Waals surface area contributed by atoms with Gasteiger partial charge in [0, 0.05) is 54.1 Å². The molecular weight excluding hydrogens is 454 g/mol. The Balaban J connectivity index is 1.18. The standard InChI is InChI=1S/C28H33N5O3/c1-28(2,3)36-27(34)33-20-5-6-21(33)16-18(15-20)30-26-10-9-22-23-8-7-19(32-13-4-12-29-32)17-25(23)35-14-11-24(22)31-26/h4,7-10,12-13,17-18,20-21H,5-6,11,14-16H2,1-3H3,(H,30,31)/t18-,20+,21-. The van der Waals surface area contributed by atoms with Gasteiger partial charge >= 0.3 is 6.09 Å². The molecule has 36 heavy (non-hydrogen) atoms. The van der Waals surface area contributed by atoms with Crippen LogP contribution in [0.25, 0.3) is 16.8 Å². The van der Waals surface area contributed by atoms with E-state index in [1.54, 1.807) is 6.20 Å². The zero-order valence-electron chi connectivity index (χ0n) is 21.1. The van der Waals surface area contributed by atoms with Crippen molar-refractivity contribution in [1.82, 2.24) is 19.7 Å². The SMILES string of the molecule is CC(C)(C)OC(=O)N1[C@@H]2CC[C@H]1C[C@@H](Nc1ccc3c(n1)CCOc1cc(-n4cccn4)ccc1-3)C2. The minimum absolute atomic E-state index is 0.175. The van der Waals surface area contributed by atoms with Crippen LogP contribution in [0.4, 0.5) is 10.6 Å². The highest BCUT2D eigenvalue weighted by Crippen LogP contribution is 2.39. The number of ether oxygens (including phenoxy) is 2. The molecule has 3 aliphatic heterocycles. The summed E-state index contributed by atoms with van der Waals surface area (Å²) in [7, 11) is 0. The summed E-state index contributed by atoms with van der Waals surface area (Å²) in [6.45, 7) is 6.35. The number of nitrogens with zero attached hydrogens (tertiary/aromatic N) is 4. The molecule has 3 atom stereocenters. The van der Waals surface area contributed by atoms with E-state index in [0.29, 0.717) is 6.61 Å². The van der Waals surface area contributed by atoms with Crippen LogP contribution < -0.4 is 10.1 Å². The number of hydrogen-bond donors (Lipinski definition) is 1. The molecule has 0 radical (unpaired) electrons. The van der Waals surface area contributed by atoms with Gasteiger partial charge in [-0.1, -0.05) is 0 Å². The average Bonchev–Trinajstić information content (AvgIpc) is 3.41. The van der Waals surface area contributed by atoms with Crippen molar-refractivity contribution in [2.75, 3.05) is 11.9 Å². The minimum atomic E-state index is -0.472. The number of nitrogens with one attached hydrogen (secondary N) is 1. The summed E-state index contributed by atoms with van der Waals surface area (Å²) in [5, 5.41) is 8.00. The topological polar surface area (TPSA) is 81.5 Å². The number of hydrogen-bond acceptors (Lipinski definition) is 6. The number of pyridine rings is 1. The maximum atomic E-state index is 12.8. The predicted molar refractivity (Wildman–Crippen MR) is 138 cm³/mol. The van der Waals surface area contributed by atoms with E-state index in [1.165, 1.54) is 0 Å². The zero-order chi connectivity index (χ0) is 24.9. The molecule has 188 valence electrons. The maximum absolute atomic E-state index is 12.8. The third-order valence-corrected chi connectivity index (χ3v) is 7.28. The Morgan fingerprint density at radius 2 is 1.89 bits per heavy atom. The average molecular weight is 488 g/mol. The lowest BCUT2D eigenvalue weighted by Crippen LogP contribution is -2.51. The normalized spacial score (nSPS) is 22.8. The number of benzene rings is 1. The van der Waals surface area contributed by atoms with Gasteiger partial charge in [0.25, 0.3) is 0 Å². The molecule has 8 nitrogen and oxygen atoms in total. The lowest BCUT2D eigenvalue weighted by Gasteiger charge is -2.39. The fourth-order valence-corrected chi connectivity index (χ4v) is 5.81. The summed E-state index contributed by atoms with van der Waals surface area (Å²) >= 11 is 0. The third kappa shape index (κ3) is 4.40. The Kier molecular flexibility index (Phi) is 5.62. The molecule has 2 saturated heterocycles. The Morgan fingerprint density at radius 3 is 2.61 bits per heavy atom. The van der Waals surface area contributed by atoms with Crippen LogP contribution in [0, 0.1) is 0 Å². The summed E-state index contributed by atoms with van der Waals surface area (Å²) in [6.07, 6.45) is 8.17. The number of rotatable bonds is 3. The van der Waals surface area contributed by atoms with E-state index in [2.05, 4.69) is 34.7 Å². The second-order valence-electron chi connectivity index (χ2n) is 11.0. The quantitative estimate of drug-likeness (QED) is 0.546. The van der Waals surface area contributed by atoms with Crippen molar-refractivity contribution >= 4 is 11.9 Å². The molecule has 2 bridgehead atoms. The van der Waals surface area contributed by atoms with Crippen LogP contribution in [0.3, 0.4) is 0 Å². The molecular formula is C28H33N5O3. The van der Waals surface area contributed by atoms with E-state index < -0.39 is 5.60 Å². The molecule has 5 heterocycles. The number of aromatic nitrogens is 3. The van der Waals surface area contributed by atoms with E-state index in [4.69, 9.17) is 14.5 Å². The van der Waals surface area contributed by atoms with Gasteiger partial charge in [-0.2, -0.15) is 5.10 Å². The van der Waals surface area contributed by atoms with Crippen molar-refractivity contribution in [3.05, 3.63) is 54.5 Å². The van der Waals surface area contributed by atoms with Gasteiger partial charge in [0.05, 0.1) is 18.0 Å². The van der Waals surface area contributed by atoms with E-state index in [9.17, 15) is 4.79 Å². The minimum Gasteiger partial charge on any atom is -0.492 e. The molecule has 3 aliphatic rings. The van der Waals surface area contributed by atoms with Crippen molar-refractivity contribution < 1.29 is 14.3 Å². The predicted octanol–water partition coefficient (Wildman–Crippen LogP) is 5.21. The highest BCUT2D eigenvalue weighted by atomic mass is 16.6. The first-order chi connectivity index (χ1) is 17.3. The highest BCUT2D eigenvalue weighted by Gasteiger charge is 2.45. The van der Waals surface area contributed by atoms with Crippen LogP contribution in [0.2, 0.25) is 0 Å². The van der Waals surface area contributed by atoms with Crippen LogP contribution in [0.15, 0.2) is 48.8 Å². The van der Waals surface area contributed by atoms with Gasteiger partial charge in [0.2, 0.25) is 0 Å². The smallest absolute Gasteiger partial charge is 0.410 e. The Morgan fingerprint density at radius 1 is 1.11 bits per heavy atom. The Bertz CT molecular complexity index is 1250. The largest absolute Gasteiger partial charge is 0.492 e. The van der Waals surface area contributed by atoms with Crippen LogP contribution in [-0.2, 0) is 11.2 Å². The third-order valence-electron chi connectivity index (χ3n) is 7.28. The lowest BCUT2D eigenvalue weighted by molar-refractivity contribution is 0.00682. The van der Waals surface area contributed by atoms with Gasteiger partial charge in [-0.05, 0) is 76.8 Å². The Labute approximate surface area is 211 Å². The van der Waals surface area contributed by atoms with Crippen LogP contribution in [0.5, 0.6) is 5.75 Å². The second-order valence-corrected chi connectivity index (χ2v) is 11.0. The molecule has 8 heteroatoms. The molecule has 0 aliphatic carbocycles. The molecule has 1 amide bonds. The fraction of sp³-hybridized carbons (Fsp3) is 0.464. The van der Waals surface area contributed by atoms with Crippen molar-refractivity contribution in [2.24, 2.45) is 0 Å². The summed E-state index contributed by atoms with van der Waals surface area (Å²) in [6, 6.07) is 13.1. The van der Waals surface area contributed by atoms with Gasteiger partial charge in [-0.25, -0.2) is 14.5 Å². The fourth-order valence-electron chi connectivity index (χ4n) is 5.81. The molecule has 0 unspecified atom stereocenters. The number of piperidine rings is 1. The molecule has 0 spiro atoms. The van der Waals surface area contributed by atoms with Crippen molar-refractivity contribution in [3.8, 4) is 22.6 Å². The molecule has 0 saturated carbocycles. The van der Waals surface area contributed by atoms with Crippen LogP contribution in [0.1, 0.15) is 52.1 Å². The number of carbonyl (C=O) groups excluding carboxylic acids is 1. The second kappa shape index (κ2) is 8.84. The zero-order valence-corrected chi connectivity index (χ0v) is 21.1. The van der Waals surface area contributed by atoms with Crippen molar-refractivity contribution in [1.29, 1.82) is 0 Å². The van der Waals surface area contributed by atoms with E-state index in [-0.39, 0.29) is 24.2 Å². The van der Waals surface area contributed by atoms with E-state index >= 15 is 0 Å². The van der Waals surface area contributed by atoms with E-state index in [1.807, 2.05) is 48.7 Å². The highest BCUT2D eigenvalue weighted by molar-refractivity contribution is 5.75. The summed E-state index contributed by atoms with van der Waals surface area (Å²) < 4.78 is 13.6. The first-order valence-electron chi connectivity index (χ1n) is 12.9. The first kappa shape index (κ1) is 22.9. The van der Waals surface area contributed by atoms with Crippen LogP contribution in [-0.4, -0.2) is 56.1 Å².